The van der Waals surface area contributed by atoms with Crippen LogP contribution in [0.15, 0.2) is 30.3 Å². The molecule has 1 aromatic carbocycles. The fourth-order valence-corrected chi connectivity index (χ4v) is 4.06. The maximum absolute atomic E-state index is 5.49. The fourth-order valence-electron chi connectivity index (χ4n) is 4.06. The normalized spacial score (nSPS) is 28.5. The van der Waals surface area contributed by atoms with E-state index >= 15 is 0 Å². The van der Waals surface area contributed by atoms with E-state index in [1.807, 2.05) is 7.11 Å². The summed E-state index contributed by atoms with van der Waals surface area (Å²) in [7, 11) is 1.83. The molecular weight excluding hydrogens is 260 g/mol. The van der Waals surface area contributed by atoms with Crippen LogP contribution in [-0.2, 0) is 4.74 Å². The number of methoxy groups -OCH3 is 1. The number of hydrogen-bond donors (Lipinski definition) is 0. The first-order chi connectivity index (χ1) is 10.3. The van der Waals surface area contributed by atoms with Crippen LogP contribution in [-0.4, -0.2) is 55.2 Å². The van der Waals surface area contributed by atoms with Crippen molar-refractivity contribution in [3.63, 3.8) is 0 Å². The highest BCUT2D eigenvalue weighted by Crippen LogP contribution is 2.34. The third kappa shape index (κ3) is 3.15. The molecule has 0 N–H and O–H groups in total. The quantitative estimate of drug-likeness (QED) is 0.828. The highest BCUT2D eigenvalue weighted by atomic mass is 16.5. The number of fused-ring (bicyclic) bond motifs is 1. The molecule has 0 radical (unpaired) electrons. The van der Waals surface area contributed by atoms with Crippen molar-refractivity contribution in [2.75, 3.05) is 33.4 Å². The molecule has 3 rings (SSSR count). The van der Waals surface area contributed by atoms with Crippen LogP contribution >= 0.6 is 0 Å². The molecule has 1 aromatic rings. The smallest absolute Gasteiger partial charge is 0.0618 e. The first-order valence-corrected chi connectivity index (χ1v) is 8.37. The van der Waals surface area contributed by atoms with E-state index < -0.39 is 0 Å². The van der Waals surface area contributed by atoms with Crippen LogP contribution < -0.4 is 0 Å². The molecule has 2 aliphatic heterocycles. The second kappa shape index (κ2) is 6.91. The Morgan fingerprint density at radius 2 is 2.05 bits per heavy atom. The topological polar surface area (TPSA) is 15.7 Å². The molecule has 2 fully saturated rings. The Labute approximate surface area is 128 Å². The summed E-state index contributed by atoms with van der Waals surface area (Å²) in [5.41, 5.74) is 1.46. The molecule has 21 heavy (non-hydrogen) atoms. The summed E-state index contributed by atoms with van der Waals surface area (Å²) < 4.78 is 5.49. The number of nitrogens with zero attached hydrogens (tertiary/aromatic N) is 2. The zero-order valence-electron chi connectivity index (χ0n) is 13.4. The zero-order valence-corrected chi connectivity index (χ0v) is 13.4. The van der Waals surface area contributed by atoms with Gasteiger partial charge in [0.1, 0.15) is 0 Å². The van der Waals surface area contributed by atoms with E-state index in [1.54, 1.807) is 0 Å². The number of ether oxygens (including phenoxy) is 1. The lowest BCUT2D eigenvalue weighted by molar-refractivity contribution is -0.00863. The van der Waals surface area contributed by atoms with Crippen LogP contribution in [0.1, 0.15) is 37.8 Å². The van der Waals surface area contributed by atoms with E-state index in [0.29, 0.717) is 12.1 Å². The van der Waals surface area contributed by atoms with Crippen molar-refractivity contribution >= 4 is 0 Å². The van der Waals surface area contributed by atoms with Crippen LogP contribution in [0.5, 0.6) is 0 Å². The molecule has 0 aromatic heterocycles. The van der Waals surface area contributed by atoms with Gasteiger partial charge in [-0.2, -0.15) is 0 Å². The highest BCUT2D eigenvalue weighted by molar-refractivity contribution is 5.21. The minimum atomic E-state index is 0.514. The van der Waals surface area contributed by atoms with Crippen molar-refractivity contribution in [3.05, 3.63) is 35.9 Å². The summed E-state index contributed by atoms with van der Waals surface area (Å²) in [6.07, 6.45) is 3.88. The summed E-state index contributed by atoms with van der Waals surface area (Å²) in [6.45, 7) is 6.78. The molecule has 2 saturated heterocycles. The van der Waals surface area contributed by atoms with Gasteiger partial charge in [0.05, 0.1) is 6.61 Å². The van der Waals surface area contributed by atoms with Gasteiger partial charge in [-0.1, -0.05) is 37.3 Å². The monoisotopic (exact) mass is 288 g/mol. The Morgan fingerprint density at radius 3 is 2.76 bits per heavy atom. The average molecular weight is 288 g/mol. The largest absolute Gasteiger partial charge is 0.383 e. The third-order valence-electron chi connectivity index (χ3n) is 5.21. The lowest BCUT2D eigenvalue weighted by atomic mass is 9.97. The maximum atomic E-state index is 5.49. The molecule has 116 valence electrons. The molecule has 0 amide bonds. The van der Waals surface area contributed by atoms with Crippen LogP contribution in [0.25, 0.3) is 0 Å². The van der Waals surface area contributed by atoms with E-state index in [1.165, 1.54) is 38.0 Å². The summed E-state index contributed by atoms with van der Waals surface area (Å²) in [4.78, 5) is 5.42. The predicted octanol–water partition coefficient (Wildman–Crippen LogP) is 2.93. The van der Waals surface area contributed by atoms with Crippen molar-refractivity contribution in [2.24, 2.45) is 0 Å². The van der Waals surface area contributed by atoms with Crippen LogP contribution in [0, 0.1) is 0 Å². The van der Waals surface area contributed by atoms with Crippen molar-refractivity contribution in [3.8, 4) is 0 Å². The second-order valence-electron chi connectivity index (χ2n) is 6.43. The molecule has 3 unspecified atom stereocenters. The zero-order chi connectivity index (χ0) is 14.7. The van der Waals surface area contributed by atoms with Crippen LogP contribution in [0.4, 0.5) is 0 Å². The van der Waals surface area contributed by atoms with Gasteiger partial charge in [-0.15, -0.1) is 0 Å². The molecule has 2 aliphatic rings. The Bertz CT molecular complexity index is 436. The fraction of sp³-hybridized carbons (Fsp3) is 0.667. The minimum absolute atomic E-state index is 0.514. The molecule has 3 heteroatoms. The number of benzene rings is 1. The Balaban J connectivity index is 1.85. The van der Waals surface area contributed by atoms with Gasteiger partial charge in [-0.25, -0.2) is 0 Å². The first kappa shape index (κ1) is 15.0. The summed E-state index contributed by atoms with van der Waals surface area (Å²) in [5, 5.41) is 0. The number of rotatable bonds is 5. The number of hydrogen-bond acceptors (Lipinski definition) is 3. The van der Waals surface area contributed by atoms with Crippen molar-refractivity contribution in [2.45, 2.75) is 44.3 Å². The van der Waals surface area contributed by atoms with Crippen molar-refractivity contribution in [1.29, 1.82) is 0 Å². The summed E-state index contributed by atoms with van der Waals surface area (Å²) in [6, 6.07) is 12.8. The van der Waals surface area contributed by atoms with E-state index in [4.69, 9.17) is 4.74 Å². The number of piperazine rings is 1. The van der Waals surface area contributed by atoms with Gasteiger partial charge >= 0.3 is 0 Å². The lowest BCUT2D eigenvalue weighted by Crippen LogP contribution is -2.55. The van der Waals surface area contributed by atoms with Crippen LogP contribution in [0.3, 0.4) is 0 Å². The SMILES string of the molecule is CCC(COC)N1CC2CCCN2CC1c1ccccc1. The lowest BCUT2D eigenvalue weighted by Gasteiger charge is -2.47. The Morgan fingerprint density at radius 1 is 1.24 bits per heavy atom. The third-order valence-corrected chi connectivity index (χ3v) is 5.21. The minimum Gasteiger partial charge on any atom is -0.383 e. The van der Waals surface area contributed by atoms with E-state index in [-0.39, 0.29) is 0 Å². The first-order valence-electron chi connectivity index (χ1n) is 8.37. The Kier molecular flexibility index (Phi) is 4.94. The molecule has 0 spiro atoms. The summed E-state index contributed by atoms with van der Waals surface area (Å²) >= 11 is 0. The van der Waals surface area contributed by atoms with E-state index in [9.17, 15) is 0 Å². The maximum Gasteiger partial charge on any atom is 0.0618 e. The molecule has 0 saturated carbocycles. The van der Waals surface area contributed by atoms with Gasteiger partial charge in [0.2, 0.25) is 0 Å². The van der Waals surface area contributed by atoms with Gasteiger partial charge in [-0.3, -0.25) is 9.80 Å². The van der Waals surface area contributed by atoms with E-state index in [2.05, 4.69) is 47.1 Å². The summed E-state index contributed by atoms with van der Waals surface area (Å²) in [5.74, 6) is 0. The van der Waals surface area contributed by atoms with Gasteiger partial charge in [0.15, 0.2) is 0 Å². The van der Waals surface area contributed by atoms with Gasteiger partial charge in [-0.05, 0) is 31.4 Å². The average Bonchev–Trinajstić information content (AvgIpc) is 2.99. The molecular formula is C18H28N2O. The van der Waals surface area contributed by atoms with Gasteiger partial charge in [0, 0.05) is 38.3 Å². The van der Waals surface area contributed by atoms with Gasteiger partial charge < -0.3 is 4.74 Å². The molecule has 3 atom stereocenters. The highest BCUT2D eigenvalue weighted by Gasteiger charge is 2.39. The predicted molar refractivity (Wildman–Crippen MR) is 86.4 cm³/mol. The Hall–Kier alpha value is -0.900. The molecule has 3 nitrogen and oxygen atoms in total. The van der Waals surface area contributed by atoms with Gasteiger partial charge in [0.25, 0.3) is 0 Å². The molecule has 2 heterocycles. The molecule has 0 aliphatic carbocycles. The molecule has 0 bridgehead atoms. The second-order valence-corrected chi connectivity index (χ2v) is 6.43. The van der Waals surface area contributed by atoms with Crippen LogP contribution in [0.2, 0.25) is 0 Å². The standard InChI is InChI=1S/C18H28N2O/c1-3-16(14-21-2)20-12-17-10-7-11-19(17)13-18(20)15-8-5-4-6-9-15/h4-6,8-9,16-18H,3,7,10-14H2,1-2H3. The van der Waals surface area contributed by atoms with E-state index in [0.717, 1.165) is 19.1 Å². The van der Waals surface area contributed by atoms with Crippen molar-refractivity contribution < 1.29 is 4.74 Å². The van der Waals surface area contributed by atoms with Crippen molar-refractivity contribution in [1.82, 2.24) is 9.80 Å².